The van der Waals surface area contributed by atoms with Crippen LogP contribution < -0.4 is 5.32 Å². The van der Waals surface area contributed by atoms with E-state index in [9.17, 15) is 4.79 Å². The zero-order chi connectivity index (χ0) is 13.4. The second-order valence-corrected chi connectivity index (χ2v) is 3.69. The molecule has 0 atom stereocenters. The number of rotatable bonds is 5. The van der Waals surface area contributed by atoms with Crippen molar-refractivity contribution in [2.75, 3.05) is 0 Å². The van der Waals surface area contributed by atoms with E-state index in [0.29, 0.717) is 12.1 Å². The van der Waals surface area contributed by atoms with Gasteiger partial charge in [0.15, 0.2) is 0 Å². The van der Waals surface area contributed by atoms with E-state index >= 15 is 0 Å². The summed E-state index contributed by atoms with van der Waals surface area (Å²) in [6.45, 7) is 7.66. The van der Waals surface area contributed by atoms with Crippen molar-refractivity contribution >= 4 is 5.91 Å². The summed E-state index contributed by atoms with van der Waals surface area (Å²) in [5.74, 6) is -0.156. The minimum atomic E-state index is -0.156. The Morgan fingerprint density at radius 2 is 2.28 bits per heavy atom. The normalized spacial score (nSPS) is 11.6. The molecule has 0 aliphatic heterocycles. The first-order chi connectivity index (χ1) is 8.67. The summed E-state index contributed by atoms with van der Waals surface area (Å²) >= 11 is 0. The van der Waals surface area contributed by atoms with Crippen molar-refractivity contribution in [3.63, 3.8) is 0 Å². The maximum atomic E-state index is 11.9. The highest BCUT2D eigenvalue weighted by molar-refractivity contribution is 5.96. The minimum Gasteiger partial charge on any atom is -0.346 e. The summed E-state index contributed by atoms with van der Waals surface area (Å²) in [5.41, 5.74) is 2.13. The van der Waals surface area contributed by atoms with Gasteiger partial charge in [0.1, 0.15) is 0 Å². The lowest BCUT2D eigenvalue weighted by Gasteiger charge is -2.05. The summed E-state index contributed by atoms with van der Waals surface area (Å²) < 4.78 is 0. The molecular weight excluding hydrogens is 226 g/mol. The van der Waals surface area contributed by atoms with Crippen molar-refractivity contribution in [2.24, 2.45) is 0 Å². The molecule has 0 saturated carbocycles. The molecule has 0 aromatic carbocycles. The van der Waals surface area contributed by atoms with Crippen LogP contribution in [0.1, 0.15) is 18.3 Å². The average molecular weight is 243 g/mol. The fraction of sp³-hybridized carbons (Fsp3) is 0.214. The van der Waals surface area contributed by atoms with Gasteiger partial charge in [0.25, 0.3) is 5.91 Å². The quantitative estimate of drug-likeness (QED) is 0.636. The predicted octanol–water partition coefficient (Wildman–Crippen LogP) is 2.09. The first-order valence-corrected chi connectivity index (χ1v) is 5.68. The molecule has 1 N–H and O–H groups in total. The molecule has 94 valence electrons. The summed E-state index contributed by atoms with van der Waals surface area (Å²) in [5, 5.41) is 2.79. The van der Waals surface area contributed by atoms with Crippen LogP contribution in [0.5, 0.6) is 0 Å². The Kier molecular flexibility index (Phi) is 5.51. The van der Waals surface area contributed by atoms with Crippen LogP contribution in [0.15, 0.2) is 48.8 Å². The van der Waals surface area contributed by atoms with Crippen LogP contribution in [0, 0.1) is 6.92 Å². The van der Waals surface area contributed by atoms with Crippen LogP contribution in [0.2, 0.25) is 0 Å². The average Bonchev–Trinajstić information content (AvgIpc) is 2.36. The largest absolute Gasteiger partial charge is 0.346 e. The van der Waals surface area contributed by atoms with E-state index in [0.717, 1.165) is 11.4 Å². The van der Waals surface area contributed by atoms with Gasteiger partial charge in [-0.15, -0.1) is 0 Å². The minimum absolute atomic E-state index is 0.156. The number of hydrogen-bond acceptors (Lipinski definition) is 3. The summed E-state index contributed by atoms with van der Waals surface area (Å²) in [6, 6.07) is 0. The zero-order valence-corrected chi connectivity index (χ0v) is 10.7. The molecule has 0 bridgehead atoms. The lowest BCUT2D eigenvalue weighted by Crippen LogP contribution is -2.24. The first-order valence-electron chi connectivity index (χ1n) is 5.68. The van der Waals surface area contributed by atoms with Gasteiger partial charge in [0.05, 0.1) is 24.1 Å². The molecular formula is C14H17N3O. The Morgan fingerprint density at radius 3 is 2.89 bits per heavy atom. The third-order valence-corrected chi connectivity index (χ3v) is 2.14. The number of nitrogens with zero attached hydrogens (tertiary/aromatic N) is 2. The third-order valence-electron chi connectivity index (χ3n) is 2.14. The van der Waals surface area contributed by atoms with E-state index in [4.69, 9.17) is 0 Å². The fourth-order valence-electron chi connectivity index (χ4n) is 1.39. The Labute approximate surface area is 107 Å². The maximum absolute atomic E-state index is 11.9. The van der Waals surface area contributed by atoms with Crippen molar-refractivity contribution in [1.29, 1.82) is 0 Å². The van der Waals surface area contributed by atoms with E-state index in [2.05, 4.69) is 21.9 Å². The van der Waals surface area contributed by atoms with Crippen LogP contribution in [0.3, 0.4) is 0 Å². The van der Waals surface area contributed by atoms with Gasteiger partial charge in [-0.1, -0.05) is 30.9 Å². The molecule has 4 nitrogen and oxygen atoms in total. The molecule has 1 amide bonds. The van der Waals surface area contributed by atoms with E-state index in [1.54, 1.807) is 36.7 Å². The number of aromatic nitrogens is 2. The predicted molar refractivity (Wildman–Crippen MR) is 71.7 cm³/mol. The number of allylic oxidation sites excluding steroid dienone is 3. The second kappa shape index (κ2) is 7.17. The van der Waals surface area contributed by atoms with E-state index in [-0.39, 0.29) is 5.91 Å². The van der Waals surface area contributed by atoms with Crippen molar-refractivity contribution in [3.8, 4) is 0 Å². The molecule has 18 heavy (non-hydrogen) atoms. The Balaban J connectivity index is 2.65. The number of aryl methyl sites for hydroxylation is 1. The van der Waals surface area contributed by atoms with Gasteiger partial charge in [-0.25, -0.2) is 0 Å². The van der Waals surface area contributed by atoms with E-state index < -0.39 is 0 Å². The Bertz CT molecular complexity index is 490. The van der Waals surface area contributed by atoms with E-state index in [1.165, 1.54) is 0 Å². The molecule has 0 radical (unpaired) electrons. The smallest absolute Gasteiger partial charge is 0.251 e. The lowest BCUT2D eigenvalue weighted by molar-refractivity contribution is -0.117. The number of hydrogen-bond donors (Lipinski definition) is 1. The molecule has 0 aliphatic carbocycles. The summed E-state index contributed by atoms with van der Waals surface area (Å²) in [4.78, 5) is 20.1. The standard InChI is InChI=1S/C14H17N3O/c1-4-6-12(7-5-2)14(18)16-10-13-9-15-8-11(3)17-13/h4-9H,1,10H2,2-3H3,(H,16,18)/b7-5-,12-6+. The number of carbonyl (C=O) groups excluding carboxylic acids is 1. The van der Waals surface area contributed by atoms with Gasteiger partial charge in [0, 0.05) is 11.8 Å². The second-order valence-electron chi connectivity index (χ2n) is 3.69. The molecule has 0 unspecified atom stereocenters. The molecule has 0 spiro atoms. The molecule has 1 rings (SSSR count). The van der Waals surface area contributed by atoms with Crippen molar-refractivity contribution in [1.82, 2.24) is 15.3 Å². The molecule has 4 heteroatoms. The van der Waals surface area contributed by atoms with Crippen molar-refractivity contribution in [2.45, 2.75) is 20.4 Å². The molecule has 0 aliphatic rings. The molecule has 1 aromatic rings. The number of nitrogens with one attached hydrogen (secondary N) is 1. The molecule has 1 heterocycles. The topological polar surface area (TPSA) is 54.9 Å². The summed E-state index contributed by atoms with van der Waals surface area (Å²) in [6.07, 6.45) is 10.1. The summed E-state index contributed by atoms with van der Waals surface area (Å²) in [7, 11) is 0. The third kappa shape index (κ3) is 4.33. The number of amides is 1. The fourth-order valence-corrected chi connectivity index (χ4v) is 1.39. The SMILES string of the molecule is C=C/C=C(\C=C/C)C(=O)NCc1cncc(C)n1. The maximum Gasteiger partial charge on any atom is 0.251 e. The highest BCUT2D eigenvalue weighted by Crippen LogP contribution is 2.00. The van der Waals surface area contributed by atoms with Crippen molar-refractivity contribution in [3.05, 3.63) is 60.2 Å². The van der Waals surface area contributed by atoms with Crippen LogP contribution >= 0.6 is 0 Å². The van der Waals surface area contributed by atoms with Gasteiger partial charge >= 0.3 is 0 Å². The van der Waals surface area contributed by atoms with Gasteiger partial charge in [0.2, 0.25) is 0 Å². The van der Waals surface area contributed by atoms with Crippen LogP contribution in [-0.4, -0.2) is 15.9 Å². The number of carbonyl (C=O) groups is 1. The highest BCUT2D eigenvalue weighted by atomic mass is 16.1. The van der Waals surface area contributed by atoms with Crippen LogP contribution in [0.4, 0.5) is 0 Å². The van der Waals surface area contributed by atoms with Gasteiger partial charge in [-0.05, 0) is 13.8 Å². The molecule has 0 saturated heterocycles. The van der Waals surface area contributed by atoms with Gasteiger partial charge < -0.3 is 5.32 Å². The molecule has 0 fully saturated rings. The monoisotopic (exact) mass is 243 g/mol. The molecule has 1 aromatic heterocycles. The first kappa shape index (κ1) is 13.8. The zero-order valence-electron chi connectivity index (χ0n) is 10.7. The Hall–Kier alpha value is -2.23. The lowest BCUT2D eigenvalue weighted by atomic mass is 10.2. The van der Waals surface area contributed by atoms with E-state index in [1.807, 2.05) is 13.8 Å². The van der Waals surface area contributed by atoms with Gasteiger partial charge in [-0.2, -0.15) is 0 Å². The van der Waals surface area contributed by atoms with Gasteiger partial charge in [-0.3, -0.25) is 14.8 Å². The van der Waals surface area contributed by atoms with Crippen LogP contribution in [0.25, 0.3) is 0 Å². The Morgan fingerprint density at radius 1 is 1.50 bits per heavy atom. The van der Waals surface area contributed by atoms with Crippen molar-refractivity contribution < 1.29 is 4.79 Å². The van der Waals surface area contributed by atoms with Crippen LogP contribution in [-0.2, 0) is 11.3 Å². The highest BCUT2D eigenvalue weighted by Gasteiger charge is 2.05.